The molecule has 0 radical (unpaired) electrons. The molecule has 1 amide bonds. The van der Waals surface area contributed by atoms with Crippen molar-refractivity contribution in [3.05, 3.63) is 12.2 Å². The van der Waals surface area contributed by atoms with Crippen molar-refractivity contribution in [3.8, 4) is 0 Å². The molecule has 112 heavy (non-hydrogen) atoms. The van der Waals surface area contributed by atoms with Gasteiger partial charge in [-0.15, -0.1) is 0 Å². The van der Waals surface area contributed by atoms with Crippen molar-refractivity contribution in [2.45, 2.75) is 548 Å². The van der Waals surface area contributed by atoms with Crippen molar-refractivity contribution >= 4 is 5.91 Å². The lowest BCUT2D eigenvalue weighted by Crippen LogP contribution is -2.66. The number of aliphatic hydroxyl groups is 11. The fourth-order valence-electron chi connectivity index (χ4n) is 16.7. The maximum absolute atomic E-state index is 13.5. The summed E-state index contributed by atoms with van der Waals surface area (Å²) in [6, 6.07) is -0.972. The molecule has 0 saturated carbocycles. The number of allylic oxidation sites excluding steroid dienone is 1. The van der Waals surface area contributed by atoms with Gasteiger partial charge in [-0.1, -0.05) is 431 Å². The minimum Gasteiger partial charge on any atom is -0.394 e. The average molecular weight is 1600 g/mol. The van der Waals surface area contributed by atoms with Gasteiger partial charge in [-0.2, -0.15) is 0 Å². The molecule has 3 rings (SSSR count). The molecule has 0 aromatic heterocycles. The summed E-state index contributed by atoms with van der Waals surface area (Å²) in [5.74, 6) is -0.264. The summed E-state index contributed by atoms with van der Waals surface area (Å²) in [5.41, 5.74) is 0. The number of ether oxygens (including phenoxy) is 6. The lowest BCUT2D eigenvalue weighted by atomic mass is 9.96. The molecule has 0 aromatic rings. The number of rotatable bonds is 80. The van der Waals surface area contributed by atoms with Crippen LogP contribution in [0, 0.1) is 0 Å². The van der Waals surface area contributed by atoms with Crippen molar-refractivity contribution in [1.82, 2.24) is 5.32 Å². The van der Waals surface area contributed by atoms with E-state index in [0.29, 0.717) is 6.42 Å². The van der Waals surface area contributed by atoms with E-state index in [2.05, 4.69) is 19.2 Å². The minimum atomic E-state index is -1.98. The van der Waals surface area contributed by atoms with Crippen LogP contribution in [0.3, 0.4) is 0 Å². The Bertz CT molecular complexity index is 2060. The first-order valence-corrected chi connectivity index (χ1v) is 47.9. The third-order valence-corrected chi connectivity index (χ3v) is 24.3. The first-order valence-electron chi connectivity index (χ1n) is 47.9. The van der Waals surface area contributed by atoms with Crippen LogP contribution in [0.5, 0.6) is 0 Å². The number of carbonyl (C=O) groups is 1. The van der Waals surface area contributed by atoms with Gasteiger partial charge in [0.15, 0.2) is 18.9 Å². The highest BCUT2D eigenvalue weighted by Crippen LogP contribution is 2.34. The van der Waals surface area contributed by atoms with Crippen LogP contribution in [-0.4, -0.2) is 193 Å². The quantitative estimate of drug-likeness (QED) is 0.0199. The van der Waals surface area contributed by atoms with E-state index in [9.17, 15) is 61.0 Å². The zero-order valence-corrected chi connectivity index (χ0v) is 72.0. The molecular formula is C93H179NO18. The van der Waals surface area contributed by atoms with Crippen molar-refractivity contribution < 1.29 is 89.4 Å². The first-order chi connectivity index (χ1) is 54.8. The van der Waals surface area contributed by atoms with Crippen LogP contribution in [0.1, 0.15) is 444 Å². The van der Waals surface area contributed by atoms with E-state index in [4.69, 9.17) is 28.4 Å². The van der Waals surface area contributed by atoms with E-state index >= 15 is 0 Å². The van der Waals surface area contributed by atoms with E-state index in [1.54, 1.807) is 6.08 Å². The van der Waals surface area contributed by atoms with Gasteiger partial charge in [-0.25, -0.2) is 0 Å². The predicted octanol–water partition coefficient (Wildman–Crippen LogP) is 19.0. The molecule has 12 N–H and O–H groups in total. The van der Waals surface area contributed by atoms with Gasteiger partial charge in [0.1, 0.15) is 73.2 Å². The fourth-order valence-corrected chi connectivity index (χ4v) is 16.7. The molecule has 3 fully saturated rings. The maximum Gasteiger partial charge on any atom is 0.220 e. The number of nitrogens with one attached hydrogen (secondary N) is 1. The summed E-state index contributed by atoms with van der Waals surface area (Å²) in [6.07, 6.45) is 65.4. The Labute approximate surface area is 684 Å². The second kappa shape index (κ2) is 73.5. The highest BCUT2D eigenvalue weighted by atomic mass is 16.8. The average Bonchev–Trinajstić information content (AvgIpc) is 0.782. The van der Waals surface area contributed by atoms with Gasteiger partial charge < -0.3 is 89.9 Å². The molecule has 19 nitrogen and oxygen atoms in total. The molecule has 19 heteroatoms. The molecule has 3 saturated heterocycles. The summed E-state index contributed by atoms with van der Waals surface area (Å²) in [5, 5.41) is 121. The number of unbranched alkanes of at least 4 members (excludes halogenated alkanes) is 64. The molecule has 0 aromatic carbocycles. The van der Waals surface area contributed by atoms with Gasteiger partial charge in [0.25, 0.3) is 0 Å². The van der Waals surface area contributed by atoms with E-state index in [1.165, 1.54) is 372 Å². The second-order valence-corrected chi connectivity index (χ2v) is 34.6. The summed E-state index contributed by atoms with van der Waals surface area (Å²) in [4.78, 5) is 13.5. The number of hydrogen-bond donors (Lipinski definition) is 12. The van der Waals surface area contributed by atoms with Crippen molar-refractivity contribution in [1.29, 1.82) is 0 Å². The number of carbonyl (C=O) groups excluding carboxylic acids is 1. The smallest absolute Gasteiger partial charge is 0.220 e. The molecule has 3 aliphatic heterocycles. The van der Waals surface area contributed by atoms with Crippen LogP contribution in [0.2, 0.25) is 0 Å². The van der Waals surface area contributed by atoms with E-state index < -0.39 is 124 Å². The normalized spacial score (nSPS) is 24.9. The molecule has 0 spiro atoms. The molecule has 17 atom stereocenters. The van der Waals surface area contributed by atoms with Crippen LogP contribution in [0.4, 0.5) is 0 Å². The lowest BCUT2D eigenvalue weighted by molar-refractivity contribution is -0.379. The number of aliphatic hydroxyl groups excluding tert-OH is 11. The third kappa shape index (κ3) is 51.2. The Kier molecular flexibility index (Phi) is 68.7. The van der Waals surface area contributed by atoms with Crippen LogP contribution < -0.4 is 5.32 Å². The van der Waals surface area contributed by atoms with Gasteiger partial charge in [-0.3, -0.25) is 4.79 Å². The van der Waals surface area contributed by atoms with E-state index in [-0.39, 0.29) is 18.9 Å². The Balaban J connectivity index is 1.29. The van der Waals surface area contributed by atoms with E-state index in [1.807, 2.05) is 6.08 Å². The van der Waals surface area contributed by atoms with Gasteiger partial charge in [0.05, 0.1) is 38.6 Å². The minimum absolute atomic E-state index is 0.251. The van der Waals surface area contributed by atoms with Gasteiger partial charge in [0, 0.05) is 6.42 Å². The zero-order chi connectivity index (χ0) is 81.0. The zero-order valence-electron chi connectivity index (χ0n) is 72.0. The maximum atomic E-state index is 13.5. The molecule has 3 heterocycles. The summed E-state index contributed by atoms with van der Waals surface area (Å²) in [7, 11) is 0. The second-order valence-electron chi connectivity index (χ2n) is 34.6. The van der Waals surface area contributed by atoms with Gasteiger partial charge in [-0.05, 0) is 19.3 Å². The Morgan fingerprint density at radius 2 is 0.554 bits per heavy atom. The molecule has 3 aliphatic rings. The summed E-state index contributed by atoms with van der Waals surface area (Å²) in [6.45, 7) is 1.83. The highest BCUT2D eigenvalue weighted by Gasteiger charge is 2.54. The highest BCUT2D eigenvalue weighted by molar-refractivity contribution is 5.76. The number of hydrogen-bond acceptors (Lipinski definition) is 18. The van der Waals surface area contributed by atoms with Crippen LogP contribution >= 0.6 is 0 Å². The lowest BCUT2D eigenvalue weighted by Gasteiger charge is -2.48. The molecule has 17 unspecified atom stereocenters. The monoisotopic (exact) mass is 1600 g/mol. The topological polar surface area (TPSA) is 307 Å². The van der Waals surface area contributed by atoms with E-state index in [0.717, 1.165) is 44.9 Å². The summed E-state index contributed by atoms with van der Waals surface area (Å²) < 4.78 is 34.6. The largest absolute Gasteiger partial charge is 0.394 e. The van der Waals surface area contributed by atoms with Crippen LogP contribution in [0.15, 0.2) is 12.2 Å². The molecule has 0 aliphatic carbocycles. The Hall–Kier alpha value is -1.47. The van der Waals surface area contributed by atoms with Gasteiger partial charge in [0.2, 0.25) is 5.91 Å². The number of amides is 1. The van der Waals surface area contributed by atoms with Crippen molar-refractivity contribution in [3.63, 3.8) is 0 Å². The molecular weight excluding hydrogens is 1420 g/mol. The van der Waals surface area contributed by atoms with Gasteiger partial charge >= 0.3 is 0 Å². The van der Waals surface area contributed by atoms with Crippen molar-refractivity contribution in [2.24, 2.45) is 0 Å². The SMILES string of the molecule is CCCCCCCCCCCCCCCCCCCCCCCCCCCC/C=C/C(O)C(COC1OC(CO)C(OC2OC(CO)C(OC3OC(CO)C(O)C(O)C3O)C(O)C2O)C(O)C1O)NC(=O)CCCCCCCCCCCCCCCCCCCCCCCCCCCCCCCCCCCCCCCCC. The standard InChI is InChI=1S/C93H179NO18/c1-3-5-7-9-11-13-15-17-19-21-23-25-27-29-31-33-34-35-36-37-38-39-40-41-42-43-45-47-49-51-53-55-57-59-61-63-65-67-69-71-81(99)94-76(77(98)70-68-66-64-62-60-58-56-54-52-50-48-46-44-32-30-28-26-24-22-20-18-16-14-12-10-8-6-4-2)75-107-91-87(105)84(102)89(79(73-96)109-91)112-93-88(106)85(103)90(80(74-97)110-93)111-92-86(104)83(101)82(100)78(72-95)108-92/h68,70,76-80,82-93,95-98,100-106H,3-67,69,71-75H2,1-2H3,(H,94,99)/b70-68+. The van der Waals surface area contributed by atoms with Crippen molar-refractivity contribution in [2.75, 3.05) is 26.4 Å². The first kappa shape index (κ1) is 105. The van der Waals surface area contributed by atoms with Crippen LogP contribution in [0.25, 0.3) is 0 Å². The molecule has 664 valence electrons. The fraction of sp³-hybridized carbons (Fsp3) is 0.968. The Morgan fingerprint density at radius 1 is 0.312 bits per heavy atom. The third-order valence-electron chi connectivity index (χ3n) is 24.3. The Morgan fingerprint density at radius 3 is 0.839 bits per heavy atom. The molecule has 0 bridgehead atoms. The van der Waals surface area contributed by atoms with Crippen LogP contribution in [-0.2, 0) is 33.2 Å². The predicted molar refractivity (Wildman–Crippen MR) is 453 cm³/mol. The summed E-state index contributed by atoms with van der Waals surface area (Å²) >= 11 is 0.